The maximum atomic E-state index is 12.7. The number of hydrogen-bond acceptors (Lipinski definition) is 4. The van der Waals surface area contributed by atoms with Crippen LogP contribution in [0.1, 0.15) is 19.8 Å². The van der Waals surface area contributed by atoms with Gasteiger partial charge in [0.25, 0.3) is 0 Å². The number of piperazine rings is 1. The van der Waals surface area contributed by atoms with E-state index in [-0.39, 0.29) is 6.04 Å². The third kappa shape index (κ3) is 2.28. The van der Waals surface area contributed by atoms with E-state index in [0.717, 1.165) is 19.5 Å². The Morgan fingerprint density at radius 1 is 1.37 bits per heavy atom. The highest BCUT2D eigenvalue weighted by atomic mass is 32.2. The summed E-state index contributed by atoms with van der Waals surface area (Å²) >= 11 is 0. The molecule has 0 amide bonds. The van der Waals surface area contributed by atoms with Gasteiger partial charge in [0.1, 0.15) is 4.90 Å². The molecule has 2 aliphatic rings. The molecule has 1 aromatic heterocycles. The minimum atomic E-state index is -3.41. The number of rotatable bonds is 2. The molecule has 104 valence electrons. The third-order valence-corrected chi connectivity index (χ3v) is 6.08. The Bertz CT molecular complexity index is 546. The fourth-order valence-electron chi connectivity index (χ4n) is 3.13. The van der Waals surface area contributed by atoms with Crippen molar-refractivity contribution >= 4 is 10.0 Å². The van der Waals surface area contributed by atoms with Gasteiger partial charge in [-0.15, -0.1) is 0 Å². The minimum absolute atomic E-state index is 0.0274. The van der Waals surface area contributed by atoms with Crippen LogP contribution in [0, 0.1) is 0 Å². The Morgan fingerprint density at radius 2 is 2.21 bits per heavy atom. The van der Waals surface area contributed by atoms with Gasteiger partial charge < -0.3 is 0 Å². The van der Waals surface area contributed by atoms with Gasteiger partial charge in [-0.2, -0.15) is 4.31 Å². The fraction of sp³-hybridized carbons (Fsp3) is 0.615. The maximum Gasteiger partial charge on any atom is 0.244 e. The van der Waals surface area contributed by atoms with Gasteiger partial charge in [0.2, 0.25) is 10.0 Å². The van der Waals surface area contributed by atoms with E-state index < -0.39 is 10.0 Å². The maximum absolute atomic E-state index is 12.7. The van der Waals surface area contributed by atoms with Crippen molar-refractivity contribution in [1.29, 1.82) is 0 Å². The Morgan fingerprint density at radius 3 is 2.95 bits per heavy atom. The second kappa shape index (κ2) is 4.85. The number of nitrogens with zero attached hydrogens (tertiary/aromatic N) is 3. The molecule has 0 aromatic carbocycles. The molecule has 0 radical (unpaired) electrons. The fourth-order valence-corrected chi connectivity index (χ4v) is 4.75. The SMILES string of the molecule is C[C@H]1CN2CCC[C@H]2CN1S(=O)(=O)c1cccnc1. The lowest BCUT2D eigenvalue weighted by atomic mass is 10.1. The van der Waals surface area contributed by atoms with Crippen LogP contribution in [0.3, 0.4) is 0 Å². The van der Waals surface area contributed by atoms with Crippen LogP contribution in [0.25, 0.3) is 0 Å². The molecule has 1 aromatic rings. The van der Waals surface area contributed by atoms with Crippen molar-refractivity contribution in [2.75, 3.05) is 19.6 Å². The average molecular weight is 281 g/mol. The summed E-state index contributed by atoms with van der Waals surface area (Å²) in [6.45, 7) is 4.54. The lowest BCUT2D eigenvalue weighted by molar-refractivity contribution is 0.117. The van der Waals surface area contributed by atoms with Crippen LogP contribution in [0.15, 0.2) is 29.4 Å². The summed E-state index contributed by atoms with van der Waals surface area (Å²) in [5.74, 6) is 0. The Labute approximate surface area is 114 Å². The highest BCUT2D eigenvalue weighted by Gasteiger charge is 2.40. The number of sulfonamides is 1. The molecule has 2 aliphatic heterocycles. The molecule has 6 heteroatoms. The van der Waals surface area contributed by atoms with E-state index in [0.29, 0.717) is 17.5 Å². The number of pyridine rings is 1. The van der Waals surface area contributed by atoms with E-state index in [1.807, 2.05) is 6.92 Å². The van der Waals surface area contributed by atoms with Crippen molar-refractivity contribution in [1.82, 2.24) is 14.2 Å². The molecule has 19 heavy (non-hydrogen) atoms. The predicted molar refractivity (Wildman–Crippen MR) is 72.2 cm³/mol. The molecule has 0 saturated carbocycles. The molecule has 0 N–H and O–H groups in total. The first-order chi connectivity index (χ1) is 9.09. The first-order valence-electron chi connectivity index (χ1n) is 6.75. The van der Waals surface area contributed by atoms with Gasteiger partial charge in [-0.1, -0.05) is 0 Å². The van der Waals surface area contributed by atoms with Crippen molar-refractivity contribution in [2.24, 2.45) is 0 Å². The zero-order valence-electron chi connectivity index (χ0n) is 11.1. The van der Waals surface area contributed by atoms with Crippen LogP contribution in [-0.4, -0.2) is 54.3 Å². The van der Waals surface area contributed by atoms with Crippen molar-refractivity contribution in [2.45, 2.75) is 36.7 Å². The second-order valence-electron chi connectivity index (χ2n) is 5.40. The monoisotopic (exact) mass is 281 g/mol. The second-order valence-corrected chi connectivity index (χ2v) is 7.29. The quantitative estimate of drug-likeness (QED) is 0.809. The molecule has 2 saturated heterocycles. The zero-order chi connectivity index (χ0) is 13.5. The summed E-state index contributed by atoms with van der Waals surface area (Å²) in [7, 11) is -3.41. The molecule has 3 rings (SSSR count). The highest BCUT2D eigenvalue weighted by Crippen LogP contribution is 2.28. The van der Waals surface area contributed by atoms with Crippen LogP contribution in [-0.2, 0) is 10.0 Å². The molecule has 3 heterocycles. The summed E-state index contributed by atoms with van der Waals surface area (Å²) in [4.78, 5) is 6.64. The molecule has 2 fully saturated rings. The average Bonchev–Trinajstić information content (AvgIpc) is 2.85. The van der Waals surface area contributed by atoms with Crippen molar-refractivity contribution in [3.05, 3.63) is 24.5 Å². The predicted octanol–water partition coefficient (Wildman–Crippen LogP) is 0.939. The number of aromatic nitrogens is 1. The van der Waals surface area contributed by atoms with Crippen molar-refractivity contribution < 1.29 is 8.42 Å². The van der Waals surface area contributed by atoms with Crippen LogP contribution in [0.4, 0.5) is 0 Å². The van der Waals surface area contributed by atoms with E-state index in [1.54, 1.807) is 22.6 Å². The lowest BCUT2D eigenvalue weighted by Gasteiger charge is -2.41. The molecule has 0 spiro atoms. The van der Waals surface area contributed by atoms with Gasteiger partial charge in [-0.05, 0) is 38.4 Å². The van der Waals surface area contributed by atoms with Crippen LogP contribution in [0.5, 0.6) is 0 Å². The standard InChI is InChI=1S/C13H19N3O2S/c1-11-9-15-7-3-4-12(15)10-16(11)19(17,18)13-5-2-6-14-8-13/h2,5-6,8,11-12H,3-4,7,9-10H2,1H3/t11-,12-/m0/s1. The number of hydrogen-bond donors (Lipinski definition) is 0. The van der Waals surface area contributed by atoms with E-state index in [4.69, 9.17) is 0 Å². The lowest BCUT2D eigenvalue weighted by Crippen LogP contribution is -2.56. The summed E-state index contributed by atoms with van der Waals surface area (Å²) in [5.41, 5.74) is 0. The van der Waals surface area contributed by atoms with Crippen LogP contribution in [0.2, 0.25) is 0 Å². The summed E-state index contributed by atoms with van der Waals surface area (Å²) in [6, 6.07) is 3.71. The van der Waals surface area contributed by atoms with Crippen LogP contribution < -0.4 is 0 Å². The molecular weight excluding hydrogens is 262 g/mol. The molecule has 5 nitrogen and oxygen atoms in total. The van der Waals surface area contributed by atoms with Gasteiger partial charge in [0.15, 0.2) is 0 Å². The molecule has 0 bridgehead atoms. The molecule has 0 aliphatic carbocycles. The third-order valence-electron chi connectivity index (χ3n) is 4.12. The van der Waals surface area contributed by atoms with Gasteiger partial charge >= 0.3 is 0 Å². The normalized spacial score (nSPS) is 29.3. The Kier molecular flexibility index (Phi) is 3.32. The largest absolute Gasteiger partial charge is 0.297 e. The first-order valence-corrected chi connectivity index (χ1v) is 8.19. The van der Waals surface area contributed by atoms with Gasteiger partial charge in [0, 0.05) is 37.6 Å². The van der Waals surface area contributed by atoms with Gasteiger partial charge in [-0.25, -0.2) is 8.42 Å². The zero-order valence-corrected chi connectivity index (χ0v) is 11.9. The van der Waals surface area contributed by atoms with E-state index in [9.17, 15) is 8.42 Å². The Hall–Kier alpha value is -0.980. The minimum Gasteiger partial charge on any atom is -0.297 e. The summed E-state index contributed by atoms with van der Waals surface area (Å²) < 4.78 is 27.0. The molecule has 2 atom stereocenters. The van der Waals surface area contributed by atoms with E-state index >= 15 is 0 Å². The number of fused-ring (bicyclic) bond motifs is 1. The topological polar surface area (TPSA) is 53.5 Å². The van der Waals surface area contributed by atoms with E-state index in [2.05, 4.69) is 9.88 Å². The van der Waals surface area contributed by atoms with Crippen molar-refractivity contribution in [3.63, 3.8) is 0 Å². The summed E-state index contributed by atoms with van der Waals surface area (Å²) in [5, 5.41) is 0. The van der Waals surface area contributed by atoms with Gasteiger partial charge in [-0.3, -0.25) is 9.88 Å². The highest BCUT2D eigenvalue weighted by molar-refractivity contribution is 7.89. The van der Waals surface area contributed by atoms with Gasteiger partial charge in [0.05, 0.1) is 0 Å². The van der Waals surface area contributed by atoms with Crippen molar-refractivity contribution in [3.8, 4) is 0 Å². The molecular formula is C13H19N3O2S. The Balaban J connectivity index is 1.89. The van der Waals surface area contributed by atoms with E-state index in [1.165, 1.54) is 12.6 Å². The smallest absolute Gasteiger partial charge is 0.244 e. The summed E-state index contributed by atoms with van der Waals surface area (Å²) in [6.07, 6.45) is 5.31. The first kappa shape index (κ1) is 13.0. The van der Waals surface area contributed by atoms with Crippen LogP contribution >= 0.6 is 0 Å². The molecule has 0 unspecified atom stereocenters.